The summed E-state index contributed by atoms with van der Waals surface area (Å²) < 4.78 is 35.1. The summed E-state index contributed by atoms with van der Waals surface area (Å²) in [5.41, 5.74) is 2.87. The lowest BCUT2D eigenvalue weighted by molar-refractivity contribution is -0.140. The normalized spacial score (nSPS) is 12.5. The van der Waals surface area contributed by atoms with Crippen molar-refractivity contribution < 1.29 is 22.7 Å². The van der Waals surface area contributed by atoms with Gasteiger partial charge in [0.25, 0.3) is 10.0 Å². The number of benzene rings is 4. The van der Waals surface area contributed by atoms with Gasteiger partial charge in [-0.15, -0.1) is 0 Å². The highest BCUT2D eigenvalue weighted by Crippen LogP contribution is 2.27. The molecular formula is C37H42ClN3O5S. The molecule has 2 amide bonds. The number of nitrogens with one attached hydrogen (secondary N) is 1. The number of amides is 2. The molecule has 248 valence electrons. The molecule has 4 rings (SSSR count). The first-order chi connectivity index (χ1) is 22.5. The number of halogens is 1. The van der Waals surface area contributed by atoms with Gasteiger partial charge in [0, 0.05) is 24.0 Å². The third-order valence-electron chi connectivity index (χ3n) is 7.86. The van der Waals surface area contributed by atoms with E-state index in [4.69, 9.17) is 16.3 Å². The summed E-state index contributed by atoms with van der Waals surface area (Å²) in [5.74, 6) is -0.313. The van der Waals surface area contributed by atoms with Crippen molar-refractivity contribution in [3.63, 3.8) is 0 Å². The molecule has 0 spiro atoms. The average Bonchev–Trinajstić information content (AvgIpc) is 3.07. The van der Waals surface area contributed by atoms with E-state index in [9.17, 15) is 18.0 Å². The number of carbonyl (C=O) groups excluding carboxylic acids is 2. The maximum absolute atomic E-state index is 14.6. The molecule has 4 aromatic rings. The number of carbonyl (C=O) groups is 2. The maximum atomic E-state index is 14.6. The quantitative estimate of drug-likeness (QED) is 0.150. The Morgan fingerprint density at radius 1 is 0.851 bits per heavy atom. The Kier molecular flexibility index (Phi) is 12.4. The highest BCUT2D eigenvalue weighted by Gasteiger charge is 2.35. The monoisotopic (exact) mass is 675 g/mol. The number of anilines is 1. The summed E-state index contributed by atoms with van der Waals surface area (Å²) in [6, 6.07) is 28.5. The number of rotatable bonds is 15. The summed E-state index contributed by atoms with van der Waals surface area (Å²) >= 11 is 6.16. The summed E-state index contributed by atoms with van der Waals surface area (Å²) in [6.07, 6.45) is 0.940. The fraction of sp³-hybridized carbons (Fsp3) is 0.297. The number of ether oxygens (including phenoxy) is 1. The van der Waals surface area contributed by atoms with Crippen LogP contribution in [0.3, 0.4) is 0 Å². The van der Waals surface area contributed by atoms with E-state index in [0.29, 0.717) is 29.5 Å². The van der Waals surface area contributed by atoms with Crippen LogP contribution in [0, 0.1) is 6.92 Å². The second kappa shape index (κ2) is 16.5. The molecular weight excluding hydrogens is 634 g/mol. The Bertz CT molecular complexity index is 1720. The first kappa shape index (κ1) is 35.5. The lowest BCUT2D eigenvalue weighted by atomic mass is 10.0. The van der Waals surface area contributed by atoms with Gasteiger partial charge in [-0.2, -0.15) is 0 Å². The Morgan fingerprint density at radius 3 is 2.09 bits per heavy atom. The Morgan fingerprint density at radius 2 is 1.49 bits per heavy atom. The molecule has 0 fully saturated rings. The van der Waals surface area contributed by atoms with Gasteiger partial charge >= 0.3 is 0 Å². The molecule has 0 radical (unpaired) electrons. The van der Waals surface area contributed by atoms with Gasteiger partial charge < -0.3 is 15.0 Å². The molecule has 0 saturated carbocycles. The zero-order chi connectivity index (χ0) is 34.0. The summed E-state index contributed by atoms with van der Waals surface area (Å²) in [7, 11) is -4.22. The van der Waals surface area contributed by atoms with E-state index in [1.54, 1.807) is 60.7 Å². The molecule has 4 aromatic carbocycles. The minimum atomic E-state index is -4.22. The molecule has 10 heteroatoms. The largest absolute Gasteiger partial charge is 0.494 e. The van der Waals surface area contributed by atoms with Crippen LogP contribution in [-0.4, -0.2) is 50.4 Å². The van der Waals surface area contributed by atoms with Gasteiger partial charge in [-0.1, -0.05) is 78.7 Å². The summed E-state index contributed by atoms with van der Waals surface area (Å²) in [6.45, 7) is 7.59. The van der Waals surface area contributed by atoms with Crippen LogP contribution in [0.15, 0.2) is 108 Å². The number of sulfonamides is 1. The first-order valence-corrected chi connectivity index (χ1v) is 17.5. The maximum Gasteiger partial charge on any atom is 0.264 e. The van der Waals surface area contributed by atoms with Crippen LogP contribution in [0.25, 0.3) is 0 Å². The summed E-state index contributed by atoms with van der Waals surface area (Å²) in [4.78, 5) is 30.0. The van der Waals surface area contributed by atoms with Crippen molar-refractivity contribution in [2.24, 2.45) is 0 Å². The van der Waals surface area contributed by atoms with Gasteiger partial charge in [0.05, 0.1) is 17.2 Å². The molecule has 0 aliphatic carbocycles. The number of aryl methyl sites for hydroxylation is 1. The Labute approximate surface area is 283 Å². The number of hydrogen-bond donors (Lipinski definition) is 1. The van der Waals surface area contributed by atoms with Gasteiger partial charge in [0.15, 0.2) is 0 Å². The second-order valence-electron chi connectivity index (χ2n) is 11.4. The van der Waals surface area contributed by atoms with Crippen molar-refractivity contribution in [3.8, 4) is 5.75 Å². The average molecular weight is 676 g/mol. The SMILES string of the molecule is CCOc1ccc(S(=O)(=O)N(CC(=O)N(Cc2ccc(Cl)cc2)[C@@H](Cc2ccccc2)C(=O)N[C@@H](C)CC)c2ccc(C)cc2)cc1. The lowest BCUT2D eigenvalue weighted by Crippen LogP contribution is -2.54. The molecule has 0 unspecified atom stereocenters. The van der Waals surface area contributed by atoms with E-state index in [1.165, 1.54) is 17.0 Å². The first-order valence-electron chi connectivity index (χ1n) is 15.7. The van der Waals surface area contributed by atoms with Crippen molar-refractivity contribution in [2.45, 2.75) is 64.1 Å². The predicted molar refractivity (Wildman–Crippen MR) is 187 cm³/mol. The fourth-order valence-corrected chi connectivity index (χ4v) is 6.56. The number of hydrogen-bond acceptors (Lipinski definition) is 5. The van der Waals surface area contributed by atoms with E-state index in [0.717, 1.165) is 21.0 Å². The molecule has 1 N–H and O–H groups in total. The molecule has 8 nitrogen and oxygen atoms in total. The van der Waals surface area contributed by atoms with Crippen LogP contribution < -0.4 is 14.4 Å². The van der Waals surface area contributed by atoms with Gasteiger partial charge in [0.2, 0.25) is 11.8 Å². The molecule has 0 saturated heterocycles. The van der Waals surface area contributed by atoms with E-state index < -0.39 is 28.5 Å². The standard InChI is InChI=1S/C37H42ClN3O5S/c1-5-28(4)39-37(43)35(24-29-10-8-7-9-11-29)40(25-30-14-16-31(38)17-15-30)36(42)26-41(32-18-12-27(3)13-19-32)47(44,45)34-22-20-33(21-23-34)46-6-2/h7-23,28,35H,5-6,24-26H2,1-4H3,(H,39,43)/t28-,35-/m0/s1. The van der Waals surface area contributed by atoms with Crippen LogP contribution in [0.4, 0.5) is 5.69 Å². The lowest BCUT2D eigenvalue weighted by Gasteiger charge is -2.34. The fourth-order valence-electron chi connectivity index (χ4n) is 5.02. The molecule has 0 aliphatic rings. The zero-order valence-electron chi connectivity index (χ0n) is 27.2. The molecule has 0 aliphatic heterocycles. The highest BCUT2D eigenvalue weighted by molar-refractivity contribution is 7.92. The zero-order valence-corrected chi connectivity index (χ0v) is 28.8. The number of nitrogens with zero attached hydrogens (tertiary/aromatic N) is 2. The van der Waals surface area contributed by atoms with Gasteiger partial charge in [-0.3, -0.25) is 13.9 Å². The third kappa shape index (κ3) is 9.59. The predicted octanol–water partition coefficient (Wildman–Crippen LogP) is 6.80. The minimum Gasteiger partial charge on any atom is -0.494 e. The van der Waals surface area contributed by atoms with Crippen molar-refractivity contribution in [1.82, 2.24) is 10.2 Å². The van der Waals surface area contributed by atoms with Crippen LogP contribution >= 0.6 is 11.6 Å². The van der Waals surface area contributed by atoms with Crippen molar-refractivity contribution in [2.75, 3.05) is 17.5 Å². The molecule has 2 atom stereocenters. The Hall–Kier alpha value is -4.34. The van der Waals surface area contributed by atoms with Gasteiger partial charge in [0.1, 0.15) is 18.3 Å². The van der Waals surface area contributed by atoms with Crippen LogP contribution in [0.1, 0.15) is 43.9 Å². The molecule has 47 heavy (non-hydrogen) atoms. The van der Waals surface area contributed by atoms with E-state index in [1.807, 2.05) is 58.0 Å². The van der Waals surface area contributed by atoms with Crippen molar-refractivity contribution >= 4 is 39.1 Å². The third-order valence-corrected chi connectivity index (χ3v) is 9.90. The smallest absolute Gasteiger partial charge is 0.264 e. The van der Waals surface area contributed by atoms with Crippen LogP contribution in [0.5, 0.6) is 5.75 Å². The van der Waals surface area contributed by atoms with Crippen molar-refractivity contribution in [1.29, 1.82) is 0 Å². The van der Waals surface area contributed by atoms with E-state index in [2.05, 4.69) is 5.32 Å². The minimum absolute atomic E-state index is 0.00827. The molecule has 0 heterocycles. The topological polar surface area (TPSA) is 96.0 Å². The second-order valence-corrected chi connectivity index (χ2v) is 13.7. The van der Waals surface area contributed by atoms with Crippen LogP contribution in [0.2, 0.25) is 5.02 Å². The summed E-state index contributed by atoms with van der Waals surface area (Å²) in [5, 5.41) is 3.58. The Balaban J connectivity index is 1.79. The van der Waals surface area contributed by atoms with Crippen molar-refractivity contribution in [3.05, 3.63) is 125 Å². The molecule has 0 bridgehead atoms. The van der Waals surface area contributed by atoms with E-state index in [-0.39, 0.29) is 29.8 Å². The molecule has 0 aromatic heterocycles. The van der Waals surface area contributed by atoms with Crippen LogP contribution in [-0.2, 0) is 32.6 Å². The highest BCUT2D eigenvalue weighted by atomic mass is 35.5. The van der Waals surface area contributed by atoms with E-state index >= 15 is 0 Å². The van der Waals surface area contributed by atoms with Gasteiger partial charge in [-0.25, -0.2) is 8.42 Å². The van der Waals surface area contributed by atoms with Gasteiger partial charge in [-0.05, 0) is 86.8 Å².